The minimum absolute atomic E-state index is 0.150. The second-order valence-electron chi connectivity index (χ2n) is 6.42. The van der Waals surface area contributed by atoms with Crippen molar-refractivity contribution >= 4 is 33.8 Å². The number of amides is 2. The largest absolute Gasteiger partial charge is 0.350 e. The molecule has 7 heteroatoms. The first-order valence-electron chi connectivity index (χ1n) is 8.48. The molecule has 0 saturated carbocycles. The highest BCUT2D eigenvalue weighted by Crippen LogP contribution is 2.22. The van der Waals surface area contributed by atoms with Gasteiger partial charge in [0.05, 0.1) is 12.2 Å². The molecular weight excluding hydrogens is 348 g/mol. The van der Waals surface area contributed by atoms with E-state index in [4.69, 9.17) is 0 Å². The van der Waals surface area contributed by atoms with E-state index in [1.165, 1.54) is 0 Å². The molecule has 0 aliphatic rings. The molecular formula is C19H22N4O2S. The molecule has 0 fully saturated rings. The number of anilines is 1. The summed E-state index contributed by atoms with van der Waals surface area (Å²) in [5, 5.41) is 7.68. The van der Waals surface area contributed by atoms with Gasteiger partial charge in [0.1, 0.15) is 0 Å². The predicted molar refractivity (Wildman–Crippen MR) is 103 cm³/mol. The number of hydrogen-bond donors (Lipinski definition) is 2. The Balaban J connectivity index is 1.46. The summed E-state index contributed by atoms with van der Waals surface area (Å²) in [6.07, 6.45) is 4.12. The Morgan fingerprint density at radius 1 is 1.12 bits per heavy atom. The van der Waals surface area contributed by atoms with Crippen LogP contribution in [0.4, 0.5) is 5.69 Å². The number of nitrogens with one attached hydrogen (secondary N) is 2. The molecule has 6 nitrogen and oxygen atoms in total. The summed E-state index contributed by atoms with van der Waals surface area (Å²) in [6.45, 7) is 6.33. The summed E-state index contributed by atoms with van der Waals surface area (Å²) in [5.41, 5.74) is 4.86. The summed E-state index contributed by atoms with van der Waals surface area (Å²) in [6, 6.07) is 4.07. The number of carbonyl (C=O) groups excluding carboxylic acids is 2. The zero-order valence-electron chi connectivity index (χ0n) is 15.1. The highest BCUT2D eigenvalue weighted by atomic mass is 32.1. The molecule has 136 valence electrons. The summed E-state index contributed by atoms with van der Waals surface area (Å²) < 4.78 is 1.92. The fourth-order valence-electron chi connectivity index (χ4n) is 2.94. The number of aryl methyl sites for hydroxylation is 3. The number of fused-ring (bicyclic) bond motifs is 1. The molecule has 0 aliphatic heterocycles. The SMILES string of the molecule is Cc1cc(C)c(NC(=O)CCC(=O)NCc2cn3ccsc3n2)c(C)c1. The van der Waals surface area contributed by atoms with E-state index in [1.807, 2.05) is 55.1 Å². The van der Waals surface area contributed by atoms with Crippen molar-refractivity contribution in [3.05, 3.63) is 52.3 Å². The van der Waals surface area contributed by atoms with E-state index in [9.17, 15) is 9.59 Å². The van der Waals surface area contributed by atoms with Crippen LogP contribution < -0.4 is 10.6 Å². The van der Waals surface area contributed by atoms with Gasteiger partial charge in [-0.25, -0.2) is 4.98 Å². The van der Waals surface area contributed by atoms with E-state index in [2.05, 4.69) is 15.6 Å². The van der Waals surface area contributed by atoms with Gasteiger partial charge >= 0.3 is 0 Å². The number of hydrogen-bond acceptors (Lipinski definition) is 4. The maximum absolute atomic E-state index is 12.2. The Labute approximate surface area is 156 Å². The lowest BCUT2D eigenvalue weighted by Gasteiger charge is -2.12. The predicted octanol–water partition coefficient (Wildman–Crippen LogP) is 3.36. The highest BCUT2D eigenvalue weighted by molar-refractivity contribution is 7.15. The zero-order chi connectivity index (χ0) is 18.7. The van der Waals surface area contributed by atoms with E-state index in [0.29, 0.717) is 6.54 Å². The lowest BCUT2D eigenvalue weighted by atomic mass is 10.0. The van der Waals surface area contributed by atoms with Crippen LogP contribution in [0.3, 0.4) is 0 Å². The van der Waals surface area contributed by atoms with Crippen LogP contribution in [-0.4, -0.2) is 21.2 Å². The normalized spacial score (nSPS) is 10.9. The first-order valence-corrected chi connectivity index (χ1v) is 9.36. The van der Waals surface area contributed by atoms with Gasteiger partial charge in [-0.15, -0.1) is 11.3 Å². The fourth-order valence-corrected chi connectivity index (χ4v) is 3.66. The number of rotatable bonds is 6. The summed E-state index contributed by atoms with van der Waals surface area (Å²) in [7, 11) is 0. The van der Waals surface area contributed by atoms with E-state index >= 15 is 0 Å². The van der Waals surface area contributed by atoms with Crippen molar-refractivity contribution in [2.24, 2.45) is 0 Å². The molecule has 2 N–H and O–H groups in total. The van der Waals surface area contributed by atoms with Gasteiger partial charge in [-0.3, -0.25) is 14.0 Å². The maximum atomic E-state index is 12.2. The van der Waals surface area contributed by atoms with Crippen LogP contribution >= 0.6 is 11.3 Å². The van der Waals surface area contributed by atoms with Gasteiger partial charge in [0, 0.05) is 36.3 Å². The van der Waals surface area contributed by atoms with Crippen LogP contribution in [0.5, 0.6) is 0 Å². The van der Waals surface area contributed by atoms with Gasteiger partial charge in [0.25, 0.3) is 0 Å². The molecule has 0 saturated heterocycles. The average molecular weight is 370 g/mol. The fraction of sp³-hybridized carbons (Fsp3) is 0.316. The molecule has 0 unspecified atom stereocenters. The summed E-state index contributed by atoms with van der Waals surface area (Å²) in [5.74, 6) is -0.313. The number of imidazole rings is 1. The molecule has 0 aliphatic carbocycles. The van der Waals surface area contributed by atoms with Gasteiger partial charge < -0.3 is 10.6 Å². The zero-order valence-corrected chi connectivity index (χ0v) is 15.9. The Kier molecular flexibility index (Phi) is 5.37. The van der Waals surface area contributed by atoms with Crippen LogP contribution in [0, 0.1) is 20.8 Å². The minimum atomic E-state index is -0.158. The summed E-state index contributed by atoms with van der Waals surface area (Å²) >= 11 is 1.55. The van der Waals surface area contributed by atoms with Crippen molar-refractivity contribution in [1.29, 1.82) is 0 Å². The average Bonchev–Trinajstić information content (AvgIpc) is 3.15. The second kappa shape index (κ2) is 7.70. The molecule has 0 bridgehead atoms. The van der Waals surface area contributed by atoms with Crippen LogP contribution in [0.1, 0.15) is 35.2 Å². The molecule has 0 spiro atoms. The quantitative estimate of drug-likeness (QED) is 0.699. The van der Waals surface area contributed by atoms with Gasteiger partial charge in [0.2, 0.25) is 11.8 Å². The first-order chi connectivity index (χ1) is 12.4. The molecule has 2 amide bonds. The van der Waals surface area contributed by atoms with Crippen molar-refractivity contribution in [3.8, 4) is 0 Å². The topological polar surface area (TPSA) is 75.5 Å². The van der Waals surface area contributed by atoms with Crippen LogP contribution in [0.2, 0.25) is 0 Å². The monoisotopic (exact) mass is 370 g/mol. The molecule has 0 radical (unpaired) electrons. The lowest BCUT2D eigenvalue weighted by molar-refractivity contribution is -0.124. The van der Waals surface area contributed by atoms with E-state index < -0.39 is 0 Å². The minimum Gasteiger partial charge on any atom is -0.350 e. The van der Waals surface area contributed by atoms with E-state index in [1.54, 1.807) is 11.3 Å². The Hall–Kier alpha value is -2.67. The molecule has 3 rings (SSSR count). The number of thiazole rings is 1. The second-order valence-corrected chi connectivity index (χ2v) is 7.30. The Bertz CT molecular complexity index is 906. The van der Waals surface area contributed by atoms with Gasteiger partial charge in [-0.2, -0.15) is 0 Å². The van der Waals surface area contributed by atoms with Gasteiger partial charge in [-0.1, -0.05) is 17.7 Å². The number of nitrogens with zero attached hydrogens (tertiary/aromatic N) is 2. The molecule has 26 heavy (non-hydrogen) atoms. The van der Waals surface area contributed by atoms with Crippen molar-refractivity contribution in [3.63, 3.8) is 0 Å². The molecule has 3 aromatic rings. The molecule has 2 aromatic heterocycles. The van der Waals surface area contributed by atoms with Gasteiger partial charge in [-0.05, 0) is 31.9 Å². The molecule has 1 aromatic carbocycles. The third kappa shape index (κ3) is 4.29. The Morgan fingerprint density at radius 2 is 1.81 bits per heavy atom. The van der Waals surface area contributed by atoms with Crippen molar-refractivity contribution < 1.29 is 9.59 Å². The van der Waals surface area contributed by atoms with Crippen LogP contribution in [0.25, 0.3) is 4.96 Å². The lowest BCUT2D eigenvalue weighted by Crippen LogP contribution is -2.24. The third-order valence-corrected chi connectivity index (χ3v) is 4.90. The number of benzene rings is 1. The highest BCUT2D eigenvalue weighted by Gasteiger charge is 2.11. The Morgan fingerprint density at radius 3 is 2.50 bits per heavy atom. The molecule has 2 heterocycles. The van der Waals surface area contributed by atoms with Crippen LogP contribution in [-0.2, 0) is 16.1 Å². The van der Waals surface area contributed by atoms with Crippen LogP contribution in [0.15, 0.2) is 29.9 Å². The third-order valence-electron chi connectivity index (χ3n) is 4.13. The van der Waals surface area contributed by atoms with E-state index in [-0.39, 0.29) is 24.7 Å². The number of aromatic nitrogens is 2. The maximum Gasteiger partial charge on any atom is 0.224 e. The smallest absolute Gasteiger partial charge is 0.224 e. The van der Waals surface area contributed by atoms with Gasteiger partial charge in [0.15, 0.2) is 4.96 Å². The molecule has 0 atom stereocenters. The van der Waals surface area contributed by atoms with Crippen molar-refractivity contribution in [1.82, 2.24) is 14.7 Å². The first kappa shape index (κ1) is 18.1. The standard InChI is InChI=1S/C19H22N4O2S/c1-12-8-13(2)18(14(3)9-12)22-17(25)5-4-16(24)20-10-15-11-23-6-7-26-19(23)21-15/h6-9,11H,4-5,10H2,1-3H3,(H,20,24)(H,22,25). The van der Waals surface area contributed by atoms with E-state index in [0.717, 1.165) is 33.0 Å². The number of carbonyl (C=O) groups is 2. The summed E-state index contributed by atoms with van der Waals surface area (Å²) in [4.78, 5) is 29.5. The van der Waals surface area contributed by atoms with Crippen molar-refractivity contribution in [2.75, 3.05) is 5.32 Å². The van der Waals surface area contributed by atoms with Crippen molar-refractivity contribution in [2.45, 2.75) is 40.2 Å².